The van der Waals surface area contributed by atoms with Gasteiger partial charge in [0.15, 0.2) is 0 Å². The van der Waals surface area contributed by atoms with Crippen LogP contribution < -0.4 is 5.46 Å². The molecule has 0 radical (unpaired) electrons. The highest BCUT2D eigenvalue weighted by Gasteiger charge is 2.69. The highest BCUT2D eigenvalue weighted by molar-refractivity contribution is 6.82. The van der Waals surface area contributed by atoms with Gasteiger partial charge in [0.2, 0.25) is 5.96 Å². The van der Waals surface area contributed by atoms with Crippen LogP contribution in [-0.2, 0) is 4.74 Å². The Morgan fingerprint density at radius 1 is 0.820 bits per heavy atom. The molecule has 11 atom stereocenters. The normalized spacial score (nSPS) is 39.2. The van der Waals surface area contributed by atoms with Crippen molar-refractivity contribution < 1.29 is 31.1 Å². The van der Waals surface area contributed by atoms with Gasteiger partial charge in [0.05, 0.1) is 35.3 Å². The largest absolute Gasteiger partial charge is 0.502 e. The van der Waals surface area contributed by atoms with E-state index in [1.807, 2.05) is 4.90 Å². The van der Waals surface area contributed by atoms with Crippen molar-refractivity contribution in [1.82, 2.24) is 9.80 Å². The van der Waals surface area contributed by atoms with Crippen LogP contribution in [0.25, 0.3) is 0 Å². The van der Waals surface area contributed by atoms with Crippen LogP contribution in [0.3, 0.4) is 0 Å². The van der Waals surface area contributed by atoms with Crippen LogP contribution in [0.5, 0.6) is 0 Å². The van der Waals surface area contributed by atoms with Crippen LogP contribution in [0.2, 0.25) is 5.82 Å². The Labute approximate surface area is 292 Å². The third kappa shape index (κ3) is 4.81. The lowest BCUT2D eigenvalue weighted by Gasteiger charge is -2.64. The zero-order valence-corrected chi connectivity index (χ0v) is 29.6. The summed E-state index contributed by atoms with van der Waals surface area (Å²) in [6.45, 7) is 9.08. The van der Waals surface area contributed by atoms with Crippen molar-refractivity contribution in [2.24, 2.45) is 34.6 Å². The molecule has 9 rings (SSSR count). The average Bonchev–Trinajstić information content (AvgIpc) is 3.64. The number of alkyl halides is 6. The zero-order chi connectivity index (χ0) is 35.0. The molecule has 0 aromatic heterocycles. The van der Waals surface area contributed by atoms with E-state index in [9.17, 15) is 13.2 Å². The van der Waals surface area contributed by atoms with Gasteiger partial charge in [-0.3, -0.25) is 0 Å². The number of halogens is 6. The minimum Gasteiger partial charge on any atom is -0.502 e. The molecule has 11 unspecified atom stereocenters. The lowest BCUT2D eigenvalue weighted by atomic mass is 9.28. The Bertz CT molecular complexity index is 1560. The molecule has 0 amide bonds. The topological polar surface area (TPSA) is 28.1 Å². The lowest BCUT2D eigenvalue weighted by Crippen LogP contribution is -2.73. The molecule has 4 aliphatic carbocycles. The van der Waals surface area contributed by atoms with Gasteiger partial charge in [-0.05, 0) is 68.5 Å². The Morgan fingerprint density at radius 2 is 1.54 bits per heavy atom. The summed E-state index contributed by atoms with van der Waals surface area (Å²) >= 11 is 0. The molecular formula is C39H50BF6N3O. The fraction of sp³-hybridized carbons (Fsp3) is 0.769. The summed E-state index contributed by atoms with van der Waals surface area (Å²) in [5.41, 5.74) is 6.17. The highest BCUT2D eigenvalue weighted by atomic mass is 19.4. The van der Waals surface area contributed by atoms with Crippen molar-refractivity contribution in [2.45, 2.75) is 159 Å². The number of nitrogens with zero attached hydrogens (tertiary/aromatic N) is 3. The summed E-state index contributed by atoms with van der Waals surface area (Å²) in [6, 6.07) is 4.52. The zero-order valence-electron chi connectivity index (χ0n) is 29.6. The Morgan fingerprint density at radius 3 is 2.22 bits per heavy atom. The molecule has 1 saturated heterocycles. The highest BCUT2D eigenvalue weighted by Crippen LogP contribution is 2.62. The van der Waals surface area contributed by atoms with Crippen LogP contribution >= 0.6 is 0 Å². The van der Waals surface area contributed by atoms with E-state index in [4.69, 9.17) is 9.73 Å². The summed E-state index contributed by atoms with van der Waals surface area (Å²) < 4.78 is 95.0. The Hall–Kier alpha value is -2.33. The number of hydrogen-bond acceptors (Lipinski definition) is 4. The number of ether oxygens (including phenoxy) is 1. The standard InChI is InChI=1S/C39H50BF6N3O/c1-19(2)23-11-8-12-24(20(3)4)32(23)40-27-16-15-21-9-7-13-29-31(21)35(27)49(33-25-10-5-6-14-30(25)50-36(33)40)37-47-28-18-22(38(41,42)43)17-26(39(44,45)46)34(28)48(29)37/h8,11-12,19-22,25-31,34-35H,5-7,9-10,13-18H2,1-4H3. The quantitative estimate of drug-likeness (QED) is 0.233. The Kier molecular flexibility index (Phi) is 7.76. The van der Waals surface area contributed by atoms with Crippen LogP contribution in [0.4, 0.5) is 26.3 Å². The number of fused-ring (bicyclic) bond motifs is 8. The molecule has 4 aliphatic heterocycles. The van der Waals surface area contributed by atoms with E-state index in [1.165, 1.54) is 16.6 Å². The van der Waals surface area contributed by atoms with E-state index in [0.717, 1.165) is 69.1 Å². The molecule has 0 spiro atoms. The lowest BCUT2D eigenvalue weighted by molar-refractivity contribution is -0.236. The molecule has 4 saturated carbocycles. The van der Waals surface area contributed by atoms with Crippen molar-refractivity contribution in [3.8, 4) is 0 Å². The van der Waals surface area contributed by atoms with E-state index in [-0.39, 0.29) is 49.0 Å². The second-order valence-electron chi connectivity index (χ2n) is 17.6. The smallest absolute Gasteiger partial charge is 0.393 e. The second-order valence-corrected chi connectivity index (χ2v) is 17.6. The van der Waals surface area contributed by atoms with Crippen LogP contribution in [-0.4, -0.2) is 65.1 Å². The SMILES string of the molecule is CC(C)c1cccc(C(C)C)c1B1C2=C(C3CCCCC3O2)N2C3=NC4CC(C(F)(F)F)CC(C(F)(F)F)C4N3C3CCCC4CCC1C2C43. The summed E-state index contributed by atoms with van der Waals surface area (Å²) in [5.74, 6) is -2.10. The number of guanidine groups is 1. The predicted molar refractivity (Wildman–Crippen MR) is 182 cm³/mol. The molecule has 5 fully saturated rings. The molecule has 1 aromatic rings. The molecule has 1 aromatic carbocycles. The average molecular weight is 702 g/mol. The number of aliphatic imine (C=N–C) groups is 1. The fourth-order valence-corrected chi connectivity index (χ4v) is 12.7. The van der Waals surface area contributed by atoms with Gasteiger partial charge >= 0.3 is 12.4 Å². The van der Waals surface area contributed by atoms with Crippen LogP contribution in [0, 0.1) is 29.6 Å². The Balaban J connectivity index is 1.27. The maximum Gasteiger partial charge on any atom is 0.393 e. The number of rotatable bonds is 3. The number of hydrogen-bond donors (Lipinski definition) is 0. The molecule has 11 heteroatoms. The predicted octanol–water partition coefficient (Wildman–Crippen LogP) is 9.18. The molecule has 0 N–H and O–H groups in total. The maximum absolute atomic E-state index is 15.0. The van der Waals surface area contributed by atoms with Gasteiger partial charge in [-0.2, -0.15) is 26.3 Å². The minimum atomic E-state index is -4.74. The van der Waals surface area contributed by atoms with Gasteiger partial charge in [-0.15, -0.1) is 0 Å². The van der Waals surface area contributed by atoms with Crippen LogP contribution in [0.15, 0.2) is 34.5 Å². The maximum atomic E-state index is 15.0. The van der Waals surface area contributed by atoms with E-state index >= 15 is 13.2 Å². The van der Waals surface area contributed by atoms with Gasteiger partial charge in [-0.1, -0.05) is 88.2 Å². The van der Waals surface area contributed by atoms with E-state index in [2.05, 4.69) is 50.8 Å². The molecule has 0 bridgehead atoms. The molecular weight excluding hydrogens is 651 g/mol. The van der Waals surface area contributed by atoms with Gasteiger partial charge in [0, 0.05) is 23.9 Å². The summed E-state index contributed by atoms with van der Waals surface area (Å²) in [7, 11) is 0. The minimum absolute atomic E-state index is 0.0141. The summed E-state index contributed by atoms with van der Waals surface area (Å²) in [6.07, 6.45) is -1.88. The van der Waals surface area contributed by atoms with Crippen molar-refractivity contribution >= 4 is 18.1 Å². The molecule has 50 heavy (non-hydrogen) atoms. The summed E-state index contributed by atoms with van der Waals surface area (Å²) in [4.78, 5) is 9.42. The first-order chi connectivity index (χ1) is 23.8. The molecule has 272 valence electrons. The van der Waals surface area contributed by atoms with Gasteiger partial charge < -0.3 is 14.5 Å². The third-order valence-corrected chi connectivity index (χ3v) is 14.5. The molecule has 4 heterocycles. The molecule has 8 aliphatic rings. The van der Waals surface area contributed by atoms with Crippen LogP contribution in [0.1, 0.15) is 121 Å². The number of benzene rings is 1. The first-order valence-corrected chi connectivity index (χ1v) is 19.6. The fourth-order valence-electron chi connectivity index (χ4n) is 12.7. The van der Waals surface area contributed by atoms with Crippen molar-refractivity contribution in [3.05, 3.63) is 40.7 Å². The van der Waals surface area contributed by atoms with Gasteiger partial charge in [-0.25, -0.2) is 4.99 Å². The van der Waals surface area contributed by atoms with Crippen molar-refractivity contribution in [1.29, 1.82) is 0 Å². The van der Waals surface area contributed by atoms with E-state index in [1.54, 1.807) is 0 Å². The first kappa shape index (κ1) is 33.5. The second kappa shape index (κ2) is 11.6. The summed E-state index contributed by atoms with van der Waals surface area (Å²) in [5, 5.41) is 0. The van der Waals surface area contributed by atoms with Gasteiger partial charge in [0.1, 0.15) is 6.10 Å². The van der Waals surface area contributed by atoms with E-state index < -0.39 is 42.7 Å². The van der Waals surface area contributed by atoms with E-state index in [0.29, 0.717) is 23.7 Å². The van der Waals surface area contributed by atoms with Gasteiger partial charge in [0.25, 0.3) is 6.71 Å². The monoisotopic (exact) mass is 701 g/mol. The third-order valence-electron chi connectivity index (χ3n) is 14.5. The van der Waals surface area contributed by atoms with Crippen molar-refractivity contribution in [3.63, 3.8) is 0 Å². The van der Waals surface area contributed by atoms with Crippen molar-refractivity contribution in [2.75, 3.05) is 0 Å². The first-order valence-electron chi connectivity index (χ1n) is 19.6. The molecule has 4 nitrogen and oxygen atoms in total.